The molecule has 0 amide bonds. The number of benzene rings is 4. The summed E-state index contributed by atoms with van der Waals surface area (Å²) in [6.45, 7) is 2.19. The minimum absolute atomic E-state index is 1.01. The van der Waals surface area contributed by atoms with Crippen molar-refractivity contribution in [2.75, 3.05) is 0 Å². The van der Waals surface area contributed by atoms with Crippen molar-refractivity contribution in [3.63, 3.8) is 0 Å². The number of imidazole rings is 1. The Balaban J connectivity index is 1.58. The average molecular weight is 384 g/mol. The van der Waals surface area contributed by atoms with E-state index in [1.54, 1.807) is 0 Å². The fraction of sp³-hybridized carbons (Fsp3) is 0.0357. The standard InChI is InChI=1S/C28H20N2/c1-19-17-23(22-13-11-21(12-14-22)20-7-3-2-4-8-20)18-26-24-9-5-6-10-25(24)28-29-15-16-30(28)27(19)26/h2-18H,1H3. The van der Waals surface area contributed by atoms with Gasteiger partial charge in [0.15, 0.2) is 0 Å². The predicted octanol–water partition coefficient (Wildman–Crippen LogP) is 7.28. The maximum absolute atomic E-state index is 4.62. The third-order valence-corrected chi connectivity index (χ3v) is 5.97. The van der Waals surface area contributed by atoms with E-state index in [1.807, 2.05) is 6.20 Å². The lowest BCUT2D eigenvalue weighted by Crippen LogP contribution is -1.94. The monoisotopic (exact) mass is 384 g/mol. The molecule has 142 valence electrons. The van der Waals surface area contributed by atoms with Crippen LogP contribution < -0.4 is 0 Å². The largest absolute Gasteiger partial charge is 0.299 e. The summed E-state index contributed by atoms with van der Waals surface area (Å²) >= 11 is 0. The molecular formula is C28H20N2. The first-order valence-corrected chi connectivity index (χ1v) is 10.2. The van der Waals surface area contributed by atoms with E-state index >= 15 is 0 Å². The summed E-state index contributed by atoms with van der Waals surface area (Å²) in [6, 6.07) is 32.5. The summed E-state index contributed by atoms with van der Waals surface area (Å²) < 4.78 is 2.22. The van der Waals surface area contributed by atoms with E-state index in [4.69, 9.17) is 0 Å². The Morgan fingerprint density at radius 2 is 1.23 bits per heavy atom. The zero-order chi connectivity index (χ0) is 20.1. The van der Waals surface area contributed by atoms with E-state index in [2.05, 4.69) is 114 Å². The van der Waals surface area contributed by atoms with E-state index in [1.165, 1.54) is 49.5 Å². The number of aryl methyl sites for hydroxylation is 1. The van der Waals surface area contributed by atoms with Gasteiger partial charge in [-0.1, -0.05) is 78.9 Å². The fourth-order valence-corrected chi connectivity index (χ4v) is 4.55. The fourth-order valence-electron chi connectivity index (χ4n) is 4.55. The molecule has 6 rings (SSSR count). The molecule has 6 aromatic rings. The van der Waals surface area contributed by atoms with Crippen LogP contribution in [0.25, 0.3) is 49.6 Å². The lowest BCUT2D eigenvalue weighted by molar-refractivity contribution is 1.25. The summed E-state index contributed by atoms with van der Waals surface area (Å²) in [7, 11) is 0. The van der Waals surface area contributed by atoms with Crippen LogP contribution >= 0.6 is 0 Å². The molecule has 0 aliphatic carbocycles. The van der Waals surface area contributed by atoms with Crippen LogP contribution in [0.4, 0.5) is 0 Å². The maximum Gasteiger partial charge on any atom is 0.145 e. The van der Waals surface area contributed by atoms with Gasteiger partial charge in [-0.3, -0.25) is 4.40 Å². The zero-order valence-corrected chi connectivity index (χ0v) is 16.7. The molecular weight excluding hydrogens is 364 g/mol. The average Bonchev–Trinajstić information content (AvgIpc) is 3.30. The molecule has 2 heterocycles. The van der Waals surface area contributed by atoms with Crippen molar-refractivity contribution in [1.29, 1.82) is 0 Å². The summed E-state index contributed by atoms with van der Waals surface area (Å²) in [5.41, 5.74) is 8.45. The Kier molecular flexibility index (Phi) is 3.72. The van der Waals surface area contributed by atoms with Crippen LogP contribution in [0.2, 0.25) is 0 Å². The molecule has 0 bridgehead atoms. The molecule has 2 heteroatoms. The van der Waals surface area contributed by atoms with Crippen LogP contribution in [0.1, 0.15) is 5.56 Å². The van der Waals surface area contributed by atoms with Crippen molar-refractivity contribution in [1.82, 2.24) is 9.38 Å². The molecule has 0 fully saturated rings. The molecule has 0 unspecified atom stereocenters. The van der Waals surface area contributed by atoms with Gasteiger partial charge in [-0.15, -0.1) is 0 Å². The van der Waals surface area contributed by atoms with Crippen LogP contribution in [0.15, 0.2) is 103 Å². The molecule has 4 aromatic carbocycles. The first-order chi connectivity index (χ1) is 14.8. The topological polar surface area (TPSA) is 17.3 Å². The Bertz CT molecular complexity index is 1520. The van der Waals surface area contributed by atoms with E-state index in [0.717, 1.165) is 5.65 Å². The maximum atomic E-state index is 4.62. The second-order valence-corrected chi connectivity index (χ2v) is 7.80. The quantitative estimate of drug-likeness (QED) is 0.287. The molecule has 0 atom stereocenters. The van der Waals surface area contributed by atoms with E-state index in [-0.39, 0.29) is 0 Å². The van der Waals surface area contributed by atoms with Crippen molar-refractivity contribution in [2.24, 2.45) is 0 Å². The molecule has 0 aliphatic rings. The highest BCUT2D eigenvalue weighted by molar-refractivity contribution is 6.13. The van der Waals surface area contributed by atoms with Gasteiger partial charge >= 0.3 is 0 Å². The smallest absolute Gasteiger partial charge is 0.145 e. The van der Waals surface area contributed by atoms with Crippen molar-refractivity contribution in [3.8, 4) is 22.3 Å². The summed E-state index contributed by atoms with van der Waals surface area (Å²) in [6.07, 6.45) is 3.95. The number of nitrogens with zero attached hydrogens (tertiary/aromatic N) is 2. The van der Waals surface area contributed by atoms with Gasteiger partial charge in [0, 0.05) is 23.2 Å². The number of hydrogen-bond acceptors (Lipinski definition) is 1. The van der Waals surface area contributed by atoms with Crippen molar-refractivity contribution in [3.05, 3.63) is 109 Å². The SMILES string of the molecule is Cc1cc(-c2ccc(-c3ccccc3)cc2)cc2c3ccccc3c3nccn3c12. The van der Waals surface area contributed by atoms with Gasteiger partial charge in [-0.2, -0.15) is 0 Å². The Hall–Kier alpha value is -3.91. The third kappa shape index (κ3) is 2.54. The van der Waals surface area contributed by atoms with Crippen LogP contribution in [0, 0.1) is 6.92 Å². The Morgan fingerprint density at radius 1 is 0.600 bits per heavy atom. The van der Waals surface area contributed by atoms with Gasteiger partial charge in [-0.05, 0) is 52.3 Å². The van der Waals surface area contributed by atoms with Crippen LogP contribution in [-0.4, -0.2) is 9.38 Å². The van der Waals surface area contributed by atoms with Crippen molar-refractivity contribution >= 4 is 27.3 Å². The van der Waals surface area contributed by atoms with Crippen LogP contribution in [0.5, 0.6) is 0 Å². The molecule has 0 spiro atoms. The molecule has 0 radical (unpaired) electrons. The first kappa shape index (κ1) is 17.0. The van der Waals surface area contributed by atoms with Gasteiger partial charge in [0.1, 0.15) is 5.65 Å². The highest BCUT2D eigenvalue weighted by atomic mass is 15.0. The molecule has 0 N–H and O–H groups in total. The number of pyridine rings is 1. The summed E-state index contributed by atoms with van der Waals surface area (Å²) in [4.78, 5) is 4.62. The van der Waals surface area contributed by atoms with Crippen LogP contribution in [0.3, 0.4) is 0 Å². The minimum atomic E-state index is 1.01. The van der Waals surface area contributed by atoms with Gasteiger partial charge in [0.05, 0.1) is 5.52 Å². The van der Waals surface area contributed by atoms with Crippen molar-refractivity contribution in [2.45, 2.75) is 6.92 Å². The van der Waals surface area contributed by atoms with Gasteiger partial charge in [0.2, 0.25) is 0 Å². The second kappa shape index (κ2) is 6.57. The van der Waals surface area contributed by atoms with E-state index < -0.39 is 0 Å². The first-order valence-electron chi connectivity index (χ1n) is 10.2. The molecule has 30 heavy (non-hydrogen) atoms. The van der Waals surface area contributed by atoms with E-state index in [0.29, 0.717) is 0 Å². The lowest BCUT2D eigenvalue weighted by Gasteiger charge is -2.13. The lowest BCUT2D eigenvalue weighted by atomic mass is 9.95. The van der Waals surface area contributed by atoms with Gasteiger partial charge < -0.3 is 0 Å². The number of rotatable bonds is 2. The van der Waals surface area contributed by atoms with Crippen molar-refractivity contribution < 1.29 is 0 Å². The highest BCUT2D eigenvalue weighted by Crippen LogP contribution is 2.34. The normalized spacial score (nSPS) is 11.5. The number of aromatic nitrogens is 2. The highest BCUT2D eigenvalue weighted by Gasteiger charge is 2.12. The van der Waals surface area contributed by atoms with Gasteiger partial charge in [-0.25, -0.2) is 4.98 Å². The second-order valence-electron chi connectivity index (χ2n) is 7.80. The molecule has 0 saturated heterocycles. The third-order valence-electron chi connectivity index (χ3n) is 5.97. The summed E-state index contributed by atoms with van der Waals surface area (Å²) in [5.74, 6) is 0. The zero-order valence-electron chi connectivity index (χ0n) is 16.7. The minimum Gasteiger partial charge on any atom is -0.299 e. The Morgan fingerprint density at radius 3 is 2.00 bits per heavy atom. The Labute approximate surface area is 175 Å². The predicted molar refractivity (Wildman–Crippen MR) is 126 cm³/mol. The summed E-state index contributed by atoms with van der Waals surface area (Å²) in [5, 5.41) is 3.70. The van der Waals surface area contributed by atoms with E-state index in [9.17, 15) is 0 Å². The van der Waals surface area contributed by atoms with Gasteiger partial charge in [0.25, 0.3) is 0 Å². The van der Waals surface area contributed by atoms with Crippen LogP contribution in [-0.2, 0) is 0 Å². The molecule has 2 aromatic heterocycles. The molecule has 2 nitrogen and oxygen atoms in total. The number of fused-ring (bicyclic) bond motifs is 6. The molecule has 0 saturated carbocycles. The molecule has 0 aliphatic heterocycles. The number of hydrogen-bond donors (Lipinski definition) is 0.